The van der Waals surface area contributed by atoms with Gasteiger partial charge in [0.1, 0.15) is 12.3 Å². The summed E-state index contributed by atoms with van der Waals surface area (Å²) >= 11 is 0. The van der Waals surface area contributed by atoms with E-state index < -0.39 is 5.97 Å². The Morgan fingerprint density at radius 3 is 2.87 bits per heavy atom. The molecule has 0 bridgehead atoms. The van der Waals surface area contributed by atoms with Crippen molar-refractivity contribution in [3.63, 3.8) is 0 Å². The number of ether oxygens (including phenoxy) is 2. The molecule has 2 fully saturated rings. The monoisotopic (exact) mass is 322 g/mol. The summed E-state index contributed by atoms with van der Waals surface area (Å²) in [5.74, 6) is 0.0506. The minimum absolute atomic E-state index is 0.0639. The van der Waals surface area contributed by atoms with E-state index in [9.17, 15) is 9.59 Å². The van der Waals surface area contributed by atoms with E-state index in [-0.39, 0.29) is 30.9 Å². The SMILES string of the molecule is CCOC(=O)c1n[nH]nc1C1CCCN1C(=O)COCC1CC1. The van der Waals surface area contributed by atoms with Gasteiger partial charge in [-0.25, -0.2) is 4.79 Å². The van der Waals surface area contributed by atoms with E-state index in [1.807, 2.05) is 0 Å². The summed E-state index contributed by atoms with van der Waals surface area (Å²) in [6.45, 7) is 3.39. The summed E-state index contributed by atoms with van der Waals surface area (Å²) in [5.41, 5.74) is 0.645. The molecule has 3 rings (SSSR count). The molecule has 1 aliphatic heterocycles. The van der Waals surface area contributed by atoms with Crippen LogP contribution in [0.2, 0.25) is 0 Å². The highest BCUT2D eigenvalue weighted by Gasteiger charge is 2.35. The van der Waals surface area contributed by atoms with Gasteiger partial charge in [-0.3, -0.25) is 4.79 Å². The summed E-state index contributed by atoms with van der Waals surface area (Å²) in [6.07, 6.45) is 4.02. The third-order valence-corrected chi connectivity index (χ3v) is 4.21. The zero-order valence-electron chi connectivity index (χ0n) is 13.3. The molecular weight excluding hydrogens is 300 g/mol. The summed E-state index contributed by atoms with van der Waals surface area (Å²) in [4.78, 5) is 26.1. The first-order chi connectivity index (χ1) is 11.2. The maximum atomic E-state index is 12.4. The first-order valence-electron chi connectivity index (χ1n) is 8.15. The number of aromatic nitrogens is 3. The van der Waals surface area contributed by atoms with Crippen LogP contribution in [0.4, 0.5) is 0 Å². The van der Waals surface area contributed by atoms with Crippen molar-refractivity contribution < 1.29 is 19.1 Å². The van der Waals surface area contributed by atoms with E-state index in [0.717, 1.165) is 12.8 Å². The minimum atomic E-state index is -0.513. The van der Waals surface area contributed by atoms with Crippen LogP contribution in [0.3, 0.4) is 0 Å². The fourth-order valence-electron chi connectivity index (χ4n) is 2.85. The van der Waals surface area contributed by atoms with Gasteiger partial charge in [-0.1, -0.05) is 0 Å². The Hall–Kier alpha value is -1.96. The fraction of sp³-hybridized carbons (Fsp3) is 0.733. The number of aromatic amines is 1. The van der Waals surface area contributed by atoms with Crippen molar-refractivity contribution in [2.75, 3.05) is 26.4 Å². The van der Waals surface area contributed by atoms with Crippen LogP contribution in [0, 0.1) is 5.92 Å². The van der Waals surface area contributed by atoms with Crippen molar-refractivity contribution in [1.82, 2.24) is 20.3 Å². The lowest BCUT2D eigenvalue weighted by atomic mass is 10.1. The molecule has 2 heterocycles. The van der Waals surface area contributed by atoms with Crippen LogP contribution in [0.25, 0.3) is 0 Å². The van der Waals surface area contributed by atoms with Crippen molar-refractivity contribution in [1.29, 1.82) is 0 Å². The van der Waals surface area contributed by atoms with Gasteiger partial charge in [0.2, 0.25) is 5.91 Å². The molecule has 0 spiro atoms. The zero-order chi connectivity index (χ0) is 16.2. The second-order valence-corrected chi connectivity index (χ2v) is 5.98. The predicted octanol–water partition coefficient (Wildman–Crippen LogP) is 1.07. The lowest BCUT2D eigenvalue weighted by molar-refractivity contribution is -0.137. The highest BCUT2D eigenvalue weighted by atomic mass is 16.5. The maximum absolute atomic E-state index is 12.4. The van der Waals surface area contributed by atoms with Crippen molar-refractivity contribution >= 4 is 11.9 Å². The van der Waals surface area contributed by atoms with Crippen LogP contribution in [-0.4, -0.2) is 58.6 Å². The van der Waals surface area contributed by atoms with E-state index in [2.05, 4.69) is 15.4 Å². The molecular formula is C15H22N4O4. The Bertz CT molecular complexity index is 570. The molecule has 0 radical (unpaired) electrons. The van der Waals surface area contributed by atoms with Gasteiger partial charge in [-0.15, -0.1) is 5.10 Å². The van der Waals surface area contributed by atoms with Gasteiger partial charge in [-0.2, -0.15) is 10.3 Å². The average Bonchev–Trinajstić information content (AvgIpc) is 3.04. The molecule has 1 aliphatic carbocycles. The molecule has 1 unspecified atom stereocenters. The third-order valence-electron chi connectivity index (χ3n) is 4.21. The van der Waals surface area contributed by atoms with Crippen molar-refractivity contribution in [3.05, 3.63) is 11.4 Å². The van der Waals surface area contributed by atoms with Gasteiger partial charge in [-0.05, 0) is 38.5 Å². The van der Waals surface area contributed by atoms with Crippen LogP contribution in [-0.2, 0) is 14.3 Å². The first kappa shape index (κ1) is 15.9. The first-order valence-corrected chi connectivity index (χ1v) is 8.15. The Kier molecular flexibility index (Phi) is 4.90. The van der Waals surface area contributed by atoms with Crippen LogP contribution >= 0.6 is 0 Å². The Morgan fingerprint density at radius 2 is 2.13 bits per heavy atom. The number of hydrogen-bond acceptors (Lipinski definition) is 6. The summed E-state index contributed by atoms with van der Waals surface area (Å²) < 4.78 is 10.5. The second-order valence-electron chi connectivity index (χ2n) is 5.98. The molecule has 0 aromatic carbocycles. The van der Waals surface area contributed by atoms with Crippen molar-refractivity contribution in [3.8, 4) is 0 Å². The maximum Gasteiger partial charge on any atom is 0.360 e. The molecule has 23 heavy (non-hydrogen) atoms. The average molecular weight is 322 g/mol. The number of rotatable bonds is 7. The lowest BCUT2D eigenvalue weighted by Gasteiger charge is -2.23. The number of nitrogens with zero attached hydrogens (tertiary/aromatic N) is 3. The molecule has 8 heteroatoms. The molecule has 8 nitrogen and oxygen atoms in total. The molecule has 1 atom stereocenters. The summed E-state index contributed by atoms with van der Waals surface area (Å²) in [6, 6.07) is -0.245. The normalized spacial score (nSPS) is 20.7. The van der Waals surface area contributed by atoms with E-state index >= 15 is 0 Å². The van der Waals surface area contributed by atoms with Crippen molar-refractivity contribution in [2.24, 2.45) is 5.92 Å². The molecule has 1 saturated heterocycles. The molecule has 1 saturated carbocycles. The Balaban J connectivity index is 1.65. The molecule has 2 aliphatic rings. The van der Waals surface area contributed by atoms with Gasteiger partial charge >= 0.3 is 5.97 Å². The van der Waals surface area contributed by atoms with Crippen LogP contribution in [0.1, 0.15) is 54.8 Å². The summed E-state index contributed by atoms with van der Waals surface area (Å²) in [5, 5.41) is 10.4. The van der Waals surface area contributed by atoms with Gasteiger partial charge in [0, 0.05) is 6.54 Å². The van der Waals surface area contributed by atoms with Gasteiger partial charge < -0.3 is 14.4 Å². The fourth-order valence-corrected chi connectivity index (χ4v) is 2.85. The molecule has 1 N–H and O–H groups in total. The smallest absolute Gasteiger partial charge is 0.360 e. The van der Waals surface area contributed by atoms with Crippen LogP contribution < -0.4 is 0 Å². The highest BCUT2D eigenvalue weighted by Crippen LogP contribution is 2.32. The largest absolute Gasteiger partial charge is 0.461 e. The topological polar surface area (TPSA) is 97.4 Å². The number of carbonyl (C=O) groups is 2. The Morgan fingerprint density at radius 1 is 1.30 bits per heavy atom. The zero-order valence-corrected chi connectivity index (χ0v) is 13.3. The second kappa shape index (κ2) is 7.08. The van der Waals surface area contributed by atoms with E-state index in [1.54, 1.807) is 11.8 Å². The molecule has 1 aromatic rings. The van der Waals surface area contributed by atoms with Crippen LogP contribution in [0.5, 0.6) is 0 Å². The molecule has 126 valence electrons. The molecule has 1 aromatic heterocycles. The predicted molar refractivity (Wildman–Crippen MR) is 79.6 cm³/mol. The summed E-state index contributed by atoms with van der Waals surface area (Å²) in [7, 11) is 0. The highest BCUT2D eigenvalue weighted by molar-refractivity contribution is 5.88. The van der Waals surface area contributed by atoms with Crippen molar-refractivity contribution in [2.45, 2.75) is 38.6 Å². The third kappa shape index (κ3) is 3.69. The number of hydrogen-bond donors (Lipinski definition) is 1. The van der Waals surface area contributed by atoms with E-state index in [4.69, 9.17) is 9.47 Å². The van der Waals surface area contributed by atoms with E-state index in [1.165, 1.54) is 12.8 Å². The number of carbonyl (C=O) groups excluding carboxylic acids is 2. The van der Waals surface area contributed by atoms with Gasteiger partial charge in [0.15, 0.2) is 5.69 Å². The van der Waals surface area contributed by atoms with E-state index in [0.29, 0.717) is 24.8 Å². The quantitative estimate of drug-likeness (QED) is 0.754. The number of amides is 1. The van der Waals surface area contributed by atoms with Gasteiger partial charge in [0.25, 0.3) is 0 Å². The number of esters is 1. The standard InChI is InChI=1S/C15H22N4O4/c1-2-23-15(21)14-13(16-18-17-14)11-4-3-7-19(11)12(20)9-22-8-10-5-6-10/h10-11H,2-9H2,1H3,(H,16,17,18). The number of H-pyrrole nitrogens is 1. The molecule has 1 amide bonds. The number of likely N-dealkylation sites (tertiary alicyclic amines) is 1. The lowest BCUT2D eigenvalue weighted by Crippen LogP contribution is -2.34. The minimum Gasteiger partial charge on any atom is -0.461 e. The number of nitrogens with one attached hydrogen (secondary N) is 1. The van der Waals surface area contributed by atoms with Gasteiger partial charge in [0.05, 0.1) is 19.3 Å². The Labute approximate surface area is 134 Å². The van der Waals surface area contributed by atoms with Crippen LogP contribution in [0.15, 0.2) is 0 Å².